The second-order valence-electron chi connectivity index (χ2n) is 3.26. The summed E-state index contributed by atoms with van der Waals surface area (Å²) in [6.45, 7) is 0. The van der Waals surface area contributed by atoms with Gasteiger partial charge in [0.1, 0.15) is 10.9 Å². The van der Waals surface area contributed by atoms with Crippen LogP contribution in [0, 0.1) is 10.1 Å². The predicted octanol–water partition coefficient (Wildman–Crippen LogP) is 4.20. The molecule has 7 heteroatoms. The Bertz CT molecular complexity index is 607. The summed E-state index contributed by atoms with van der Waals surface area (Å²) in [6.07, 6.45) is 1.46. The molecule has 0 fully saturated rings. The highest BCUT2D eigenvalue weighted by molar-refractivity contribution is 9.10. The summed E-state index contributed by atoms with van der Waals surface area (Å²) in [7, 11) is 0. The second-order valence-corrected chi connectivity index (χ2v) is 4.50. The number of aromatic nitrogens is 1. The SMILES string of the molecule is O=[N+]([O-])c1cccc(Br)c1Oc1ccnc(Cl)c1. The Morgan fingerprint density at radius 2 is 2.17 bits per heavy atom. The molecule has 0 N–H and O–H groups in total. The monoisotopic (exact) mass is 328 g/mol. The van der Waals surface area contributed by atoms with Gasteiger partial charge >= 0.3 is 5.69 Å². The molecule has 0 saturated heterocycles. The molecule has 18 heavy (non-hydrogen) atoms. The summed E-state index contributed by atoms with van der Waals surface area (Å²) < 4.78 is 5.96. The van der Waals surface area contributed by atoms with Gasteiger partial charge in [-0.15, -0.1) is 0 Å². The molecule has 2 rings (SSSR count). The molecule has 92 valence electrons. The van der Waals surface area contributed by atoms with Crippen LogP contribution in [0.3, 0.4) is 0 Å². The maximum absolute atomic E-state index is 10.9. The van der Waals surface area contributed by atoms with Gasteiger partial charge in [0, 0.05) is 18.3 Å². The van der Waals surface area contributed by atoms with Crippen LogP contribution in [0.4, 0.5) is 5.69 Å². The van der Waals surface area contributed by atoms with Crippen LogP contribution in [-0.4, -0.2) is 9.91 Å². The molecule has 2 aromatic rings. The van der Waals surface area contributed by atoms with Gasteiger partial charge < -0.3 is 4.74 Å². The van der Waals surface area contributed by atoms with Gasteiger partial charge in [0.15, 0.2) is 0 Å². The Labute approximate surface area is 116 Å². The fourth-order valence-corrected chi connectivity index (χ4v) is 1.91. The zero-order chi connectivity index (χ0) is 13.1. The highest BCUT2D eigenvalue weighted by Crippen LogP contribution is 2.38. The number of rotatable bonds is 3. The Kier molecular flexibility index (Phi) is 3.78. The maximum Gasteiger partial charge on any atom is 0.312 e. The molecule has 0 unspecified atom stereocenters. The highest BCUT2D eigenvalue weighted by atomic mass is 79.9. The summed E-state index contributed by atoms with van der Waals surface area (Å²) in [5, 5.41) is 11.1. The van der Waals surface area contributed by atoms with Crippen LogP contribution in [-0.2, 0) is 0 Å². The van der Waals surface area contributed by atoms with Crippen molar-refractivity contribution in [3.63, 3.8) is 0 Å². The van der Waals surface area contributed by atoms with Gasteiger partial charge in [-0.1, -0.05) is 17.7 Å². The standard InChI is InChI=1S/C11H6BrClN2O3/c12-8-2-1-3-9(15(16)17)11(8)18-7-4-5-14-10(13)6-7/h1-6H. The van der Waals surface area contributed by atoms with Gasteiger partial charge in [0.05, 0.1) is 9.40 Å². The van der Waals surface area contributed by atoms with Crippen LogP contribution in [0.15, 0.2) is 41.0 Å². The molecule has 0 amide bonds. The minimum atomic E-state index is -0.511. The van der Waals surface area contributed by atoms with Crippen LogP contribution >= 0.6 is 27.5 Å². The summed E-state index contributed by atoms with van der Waals surface area (Å²) in [4.78, 5) is 14.2. The Hall–Kier alpha value is -1.66. The van der Waals surface area contributed by atoms with E-state index in [1.165, 1.54) is 18.3 Å². The molecule has 0 radical (unpaired) electrons. The molecular formula is C11H6BrClN2O3. The number of hydrogen-bond acceptors (Lipinski definition) is 4. The first kappa shape index (κ1) is 12.8. The second kappa shape index (κ2) is 5.32. The lowest BCUT2D eigenvalue weighted by atomic mass is 10.3. The molecular weight excluding hydrogens is 323 g/mol. The average Bonchev–Trinajstić information content (AvgIpc) is 2.31. The number of ether oxygens (including phenoxy) is 1. The topological polar surface area (TPSA) is 65.3 Å². The van der Waals surface area contributed by atoms with E-state index in [4.69, 9.17) is 16.3 Å². The number of pyridine rings is 1. The lowest BCUT2D eigenvalue weighted by Crippen LogP contribution is -1.94. The number of nitro groups is 1. The van der Waals surface area contributed by atoms with Crippen molar-refractivity contribution in [2.75, 3.05) is 0 Å². The Morgan fingerprint density at radius 1 is 1.39 bits per heavy atom. The van der Waals surface area contributed by atoms with Crippen LogP contribution in [0.1, 0.15) is 0 Å². The van der Waals surface area contributed by atoms with E-state index in [1.54, 1.807) is 18.2 Å². The number of nitrogens with zero attached hydrogens (tertiary/aromatic N) is 2. The minimum absolute atomic E-state index is 0.127. The van der Waals surface area contributed by atoms with Crippen LogP contribution in [0.5, 0.6) is 11.5 Å². The molecule has 0 bridgehead atoms. The van der Waals surface area contributed by atoms with E-state index in [1.807, 2.05) is 0 Å². The fraction of sp³-hybridized carbons (Fsp3) is 0. The van der Waals surface area contributed by atoms with Crippen LogP contribution in [0.2, 0.25) is 5.15 Å². The molecule has 0 aliphatic rings. The molecule has 5 nitrogen and oxygen atoms in total. The fourth-order valence-electron chi connectivity index (χ4n) is 1.31. The van der Waals surface area contributed by atoms with Crippen LogP contribution in [0.25, 0.3) is 0 Å². The summed E-state index contributed by atoms with van der Waals surface area (Å²) in [5.74, 6) is 0.509. The quantitative estimate of drug-likeness (QED) is 0.481. The number of benzene rings is 1. The van der Waals surface area contributed by atoms with Crippen molar-refractivity contribution in [2.45, 2.75) is 0 Å². The van der Waals surface area contributed by atoms with Crippen molar-refractivity contribution < 1.29 is 9.66 Å². The number of hydrogen-bond donors (Lipinski definition) is 0. The van der Waals surface area contributed by atoms with Crippen molar-refractivity contribution in [1.29, 1.82) is 0 Å². The highest BCUT2D eigenvalue weighted by Gasteiger charge is 2.18. The first-order valence-electron chi connectivity index (χ1n) is 4.80. The van der Waals surface area contributed by atoms with E-state index in [0.717, 1.165) is 0 Å². The van der Waals surface area contributed by atoms with Crippen molar-refractivity contribution in [3.8, 4) is 11.5 Å². The van der Waals surface area contributed by atoms with Crippen LogP contribution < -0.4 is 4.74 Å². The van der Waals surface area contributed by atoms with Gasteiger partial charge in [-0.3, -0.25) is 10.1 Å². The van der Waals surface area contributed by atoms with E-state index >= 15 is 0 Å². The van der Waals surface area contributed by atoms with Gasteiger partial charge in [-0.2, -0.15) is 0 Å². The van der Waals surface area contributed by atoms with Gasteiger partial charge in [0.25, 0.3) is 0 Å². The molecule has 0 aliphatic carbocycles. The first-order valence-corrected chi connectivity index (χ1v) is 5.97. The van der Waals surface area contributed by atoms with Crippen molar-refractivity contribution in [3.05, 3.63) is 56.3 Å². The largest absolute Gasteiger partial charge is 0.449 e. The van der Waals surface area contributed by atoms with Crippen molar-refractivity contribution in [2.24, 2.45) is 0 Å². The number of halogens is 2. The van der Waals surface area contributed by atoms with E-state index in [0.29, 0.717) is 10.2 Å². The first-order chi connectivity index (χ1) is 8.58. The van der Waals surface area contributed by atoms with Gasteiger partial charge in [-0.05, 0) is 28.1 Å². The molecule has 1 aromatic heterocycles. The molecule has 0 saturated carbocycles. The molecule has 0 spiro atoms. The summed E-state index contributed by atoms with van der Waals surface area (Å²) in [5.41, 5.74) is -0.127. The minimum Gasteiger partial charge on any atom is -0.449 e. The van der Waals surface area contributed by atoms with E-state index in [2.05, 4.69) is 20.9 Å². The molecule has 0 atom stereocenters. The third-order valence-corrected chi connectivity index (χ3v) is 2.89. The molecule has 1 heterocycles. The summed E-state index contributed by atoms with van der Waals surface area (Å²) in [6, 6.07) is 7.63. The number of para-hydroxylation sites is 1. The molecule has 0 aliphatic heterocycles. The predicted molar refractivity (Wildman–Crippen MR) is 70.1 cm³/mol. The van der Waals surface area contributed by atoms with Crippen molar-refractivity contribution >= 4 is 33.2 Å². The van der Waals surface area contributed by atoms with Gasteiger partial charge in [0.2, 0.25) is 5.75 Å². The van der Waals surface area contributed by atoms with Crippen molar-refractivity contribution in [1.82, 2.24) is 4.98 Å². The average molecular weight is 330 g/mol. The van der Waals surface area contributed by atoms with E-state index < -0.39 is 4.92 Å². The smallest absolute Gasteiger partial charge is 0.312 e. The molecule has 1 aromatic carbocycles. The van der Waals surface area contributed by atoms with E-state index in [9.17, 15) is 10.1 Å². The normalized spacial score (nSPS) is 10.1. The maximum atomic E-state index is 10.9. The van der Waals surface area contributed by atoms with E-state index in [-0.39, 0.29) is 16.6 Å². The Morgan fingerprint density at radius 3 is 2.83 bits per heavy atom. The Balaban J connectivity index is 2.42. The zero-order valence-corrected chi connectivity index (χ0v) is 11.2. The summed E-state index contributed by atoms with van der Waals surface area (Å²) >= 11 is 8.93. The lowest BCUT2D eigenvalue weighted by Gasteiger charge is -2.07. The third kappa shape index (κ3) is 2.77. The van der Waals surface area contributed by atoms with Gasteiger partial charge in [-0.25, -0.2) is 4.98 Å². The zero-order valence-electron chi connectivity index (χ0n) is 8.84. The lowest BCUT2D eigenvalue weighted by molar-refractivity contribution is -0.385. The third-order valence-electron chi connectivity index (χ3n) is 2.06. The number of nitro benzene ring substituents is 1.